The Hall–Kier alpha value is -1.08. The molecule has 0 amide bonds. The summed E-state index contributed by atoms with van der Waals surface area (Å²) in [6.45, 7) is 9.24. The van der Waals surface area contributed by atoms with Crippen LogP contribution in [0.3, 0.4) is 0 Å². The largest absolute Gasteiger partial charge is 0.220 e. The zero-order chi connectivity index (χ0) is 32.8. The minimum Gasteiger partial charge on any atom is -0.220 e. The highest BCUT2D eigenvalue weighted by atomic mass is 15.3. The van der Waals surface area contributed by atoms with Gasteiger partial charge < -0.3 is 0 Å². The summed E-state index contributed by atoms with van der Waals surface area (Å²) >= 11 is 0. The SMILES string of the molecule is CCCCCCCCCC=C[N+](C=CCCCCCCCCC)(C=CCCCCCCCCC)C=CCCCCCCCCC. The second kappa shape index (κ2) is 37.4. The molecule has 0 aliphatic rings. The lowest BCUT2D eigenvalue weighted by molar-refractivity contribution is -0.715. The maximum Gasteiger partial charge on any atom is 0.106 e. The third-order valence-corrected chi connectivity index (χ3v) is 9.35. The van der Waals surface area contributed by atoms with Crippen LogP contribution in [-0.4, -0.2) is 4.48 Å². The van der Waals surface area contributed by atoms with Crippen molar-refractivity contribution in [2.24, 2.45) is 0 Å². The quantitative estimate of drug-likeness (QED) is 0.0479. The second-order valence-electron chi connectivity index (χ2n) is 14.1. The number of hydrogen-bond donors (Lipinski definition) is 0. The molecule has 0 saturated carbocycles. The minimum absolute atomic E-state index is 0.764. The molecule has 0 bridgehead atoms. The first kappa shape index (κ1) is 43.9. The van der Waals surface area contributed by atoms with Gasteiger partial charge in [-0.05, 0) is 75.7 Å². The molecular formula is C44H84N+. The van der Waals surface area contributed by atoms with Gasteiger partial charge in [0.2, 0.25) is 0 Å². The fourth-order valence-corrected chi connectivity index (χ4v) is 6.20. The number of quaternary nitrogens is 1. The highest BCUT2D eigenvalue weighted by Gasteiger charge is 2.15. The summed E-state index contributed by atoms with van der Waals surface area (Å²) in [4.78, 5) is 0. The first-order valence-electron chi connectivity index (χ1n) is 20.8. The highest BCUT2D eigenvalue weighted by Crippen LogP contribution is 2.20. The van der Waals surface area contributed by atoms with Crippen LogP contribution in [0, 0.1) is 0 Å². The molecule has 0 heterocycles. The van der Waals surface area contributed by atoms with Crippen molar-refractivity contribution >= 4 is 0 Å². The highest BCUT2D eigenvalue weighted by molar-refractivity contribution is 4.94. The molecule has 0 aromatic carbocycles. The van der Waals surface area contributed by atoms with E-state index in [1.165, 1.54) is 205 Å². The van der Waals surface area contributed by atoms with Gasteiger partial charge in [0.05, 0.1) is 0 Å². The van der Waals surface area contributed by atoms with Crippen LogP contribution < -0.4 is 0 Å². The third kappa shape index (κ3) is 32.6. The summed E-state index contributed by atoms with van der Waals surface area (Å²) in [7, 11) is 0. The molecule has 0 atom stereocenters. The molecule has 0 fully saturated rings. The van der Waals surface area contributed by atoms with Crippen LogP contribution in [0.5, 0.6) is 0 Å². The summed E-state index contributed by atoms with van der Waals surface area (Å²) in [6, 6.07) is 0. The molecule has 0 radical (unpaired) electrons. The van der Waals surface area contributed by atoms with Gasteiger partial charge in [-0.25, -0.2) is 4.48 Å². The molecule has 1 nitrogen and oxygen atoms in total. The average Bonchev–Trinajstić information content (AvgIpc) is 3.05. The smallest absolute Gasteiger partial charge is 0.106 e. The molecule has 0 aliphatic carbocycles. The summed E-state index contributed by atoms with van der Waals surface area (Å²) in [5.41, 5.74) is 0. The lowest BCUT2D eigenvalue weighted by Crippen LogP contribution is -2.23. The Bertz CT molecular complexity index is 551. The molecule has 45 heavy (non-hydrogen) atoms. The summed E-state index contributed by atoms with van der Waals surface area (Å²) in [5.74, 6) is 0. The zero-order valence-electron chi connectivity index (χ0n) is 31.7. The number of nitrogens with zero attached hydrogens (tertiary/aromatic N) is 1. The van der Waals surface area contributed by atoms with Gasteiger partial charge in [0.1, 0.15) is 24.8 Å². The fourth-order valence-electron chi connectivity index (χ4n) is 6.20. The van der Waals surface area contributed by atoms with Gasteiger partial charge in [0.25, 0.3) is 0 Å². The first-order valence-corrected chi connectivity index (χ1v) is 20.8. The molecule has 0 aromatic heterocycles. The van der Waals surface area contributed by atoms with E-state index in [2.05, 4.69) is 76.8 Å². The topological polar surface area (TPSA) is 0 Å². The lowest BCUT2D eigenvalue weighted by Gasteiger charge is -2.22. The van der Waals surface area contributed by atoms with Crippen molar-refractivity contribution in [3.05, 3.63) is 49.1 Å². The van der Waals surface area contributed by atoms with Crippen LogP contribution >= 0.6 is 0 Å². The second-order valence-corrected chi connectivity index (χ2v) is 14.1. The molecule has 0 aromatic rings. The number of rotatable bonds is 36. The van der Waals surface area contributed by atoms with Crippen molar-refractivity contribution < 1.29 is 4.48 Å². The minimum atomic E-state index is 0.764. The maximum atomic E-state index is 2.49. The number of unbranched alkanes of at least 4 members (excludes halogenated alkanes) is 28. The molecule has 264 valence electrons. The monoisotopic (exact) mass is 627 g/mol. The Morgan fingerprint density at radius 1 is 0.244 bits per heavy atom. The van der Waals surface area contributed by atoms with Crippen molar-refractivity contribution in [1.82, 2.24) is 0 Å². The van der Waals surface area contributed by atoms with Crippen molar-refractivity contribution in [2.45, 2.75) is 233 Å². The predicted octanol–water partition coefficient (Wildman–Crippen LogP) is 16.4. The van der Waals surface area contributed by atoms with Gasteiger partial charge in [-0.3, -0.25) is 0 Å². The average molecular weight is 627 g/mol. The van der Waals surface area contributed by atoms with E-state index >= 15 is 0 Å². The van der Waals surface area contributed by atoms with Gasteiger partial charge in [-0.15, -0.1) is 0 Å². The van der Waals surface area contributed by atoms with Crippen molar-refractivity contribution in [2.75, 3.05) is 0 Å². The predicted molar refractivity (Wildman–Crippen MR) is 207 cm³/mol. The molecule has 0 spiro atoms. The van der Waals surface area contributed by atoms with Crippen molar-refractivity contribution in [3.8, 4) is 0 Å². The number of hydrogen-bond acceptors (Lipinski definition) is 0. The van der Waals surface area contributed by atoms with Crippen LogP contribution in [-0.2, 0) is 0 Å². The van der Waals surface area contributed by atoms with E-state index in [0.717, 1.165) is 4.48 Å². The zero-order valence-corrected chi connectivity index (χ0v) is 31.7. The first-order chi connectivity index (χ1) is 22.2. The lowest BCUT2D eigenvalue weighted by atomic mass is 10.1. The van der Waals surface area contributed by atoms with Gasteiger partial charge in [-0.1, -0.05) is 182 Å². The van der Waals surface area contributed by atoms with E-state index in [9.17, 15) is 0 Å². The van der Waals surface area contributed by atoms with Crippen LogP contribution in [0.1, 0.15) is 233 Å². The normalized spacial score (nSPS) is 13.8. The van der Waals surface area contributed by atoms with E-state index in [0.29, 0.717) is 0 Å². The Morgan fingerprint density at radius 2 is 0.422 bits per heavy atom. The van der Waals surface area contributed by atoms with Crippen molar-refractivity contribution in [3.63, 3.8) is 0 Å². The standard InChI is InChI=1S/C44H84N/c1-5-9-13-17-21-25-29-33-37-41-45(42-38-34-30-26-22-18-14-10-6-2,43-39-35-31-27-23-19-15-11-7-3)44-40-36-32-28-24-20-16-12-8-4/h37-44H,5-36H2,1-4H3/q+1. The Morgan fingerprint density at radius 3 is 0.622 bits per heavy atom. The number of allylic oxidation sites excluding steroid dienone is 4. The molecule has 0 saturated heterocycles. The molecule has 0 rings (SSSR count). The Balaban J connectivity index is 5.25. The van der Waals surface area contributed by atoms with Gasteiger partial charge in [0.15, 0.2) is 0 Å². The molecule has 0 aliphatic heterocycles. The van der Waals surface area contributed by atoms with Crippen molar-refractivity contribution in [1.29, 1.82) is 0 Å². The molecule has 1 heteroatoms. The Labute approximate surface area is 286 Å². The maximum absolute atomic E-state index is 2.49. The Kier molecular flexibility index (Phi) is 36.5. The van der Waals surface area contributed by atoms with Gasteiger partial charge in [-0.2, -0.15) is 0 Å². The van der Waals surface area contributed by atoms with Crippen LogP contribution in [0.25, 0.3) is 0 Å². The summed E-state index contributed by atoms with van der Waals surface area (Å²) < 4.78 is 0.764. The fraction of sp³-hybridized carbons (Fsp3) is 0.818. The molecular weight excluding hydrogens is 542 g/mol. The van der Waals surface area contributed by atoms with Crippen LogP contribution in [0.15, 0.2) is 49.1 Å². The van der Waals surface area contributed by atoms with E-state index in [-0.39, 0.29) is 0 Å². The van der Waals surface area contributed by atoms with Crippen LogP contribution in [0.4, 0.5) is 0 Å². The molecule has 0 unspecified atom stereocenters. The van der Waals surface area contributed by atoms with E-state index < -0.39 is 0 Å². The van der Waals surface area contributed by atoms with E-state index in [1.807, 2.05) is 0 Å². The van der Waals surface area contributed by atoms with Gasteiger partial charge in [0, 0.05) is 0 Å². The third-order valence-electron chi connectivity index (χ3n) is 9.35. The molecule has 0 N–H and O–H groups in total. The van der Waals surface area contributed by atoms with E-state index in [1.54, 1.807) is 0 Å². The van der Waals surface area contributed by atoms with Crippen LogP contribution in [0.2, 0.25) is 0 Å². The van der Waals surface area contributed by atoms with E-state index in [4.69, 9.17) is 0 Å². The summed E-state index contributed by atoms with van der Waals surface area (Å²) in [6.07, 6.45) is 63.5. The summed E-state index contributed by atoms with van der Waals surface area (Å²) in [5, 5.41) is 0. The van der Waals surface area contributed by atoms with Gasteiger partial charge >= 0.3 is 0 Å².